The minimum absolute atomic E-state index is 0.0208. The SMILES string of the molecule is C[C@H]1CN([C@@H](C)CO)C(=O)Cc2cc(NC(=O)Nc3ccc4c(c3)OCO4)ccc2O[C@H]1CN(C)S(=O)(=O)c1cn(C)cn1. The zero-order valence-electron chi connectivity index (χ0n) is 24.9. The van der Waals surface area contributed by atoms with Crippen molar-refractivity contribution < 1.29 is 37.3 Å². The first-order chi connectivity index (χ1) is 20.9. The number of benzene rings is 2. The monoisotopic (exact) mass is 628 g/mol. The van der Waals surface area contributed by atoms with Crippen molar-refractivity contribution in [3.05, 3.63) is 54.5 Å². The van der Waals surface area contributed by atoms with Crippen LogP contribution in [0.1, 0.15) is 19.4 Å². The van der Waals surface area contributed by atoms with Crippen molar-refractivity contribution in [2.24, 2.45) is 13.0 Å². The number of amides is 3. The Kier molecular flexibility index (Phi) is 8.99. The third-order valence-electron chi connectivity index (χ3n) is 7.60. The largest absolute Gasteiger partial charge is 0.488 e. The van der Waals surface area contributed by atoms with Crippen LogP contribution < -0.4 is 24.8 Å². The second-order valence-corrected chi connectivity index (χ2v) is 13.0. The maximum atomic E-state index is 13.5. The highest BCUT2D eigenvalue weighted by atomic mass is 32.2. The molecule has 15 heteroatoms. The number of sulfonamides is 1. The fourth-order valence-corrected chi connectivity index (χ4v) is 6.17. The molecule has 236 valence electrons. The summed E-state index contributed by atoms with van der Waals surface area (Å²) in [6.45, 7) is 3.71. The number of aromatic nitrogens is 2. The van der Waals surface area contributed by atoms with Gasteiger partial charge in [-0.05, 0) is 37.3 Å². The minimum Gasteiger partial charge on any atom is -0.488 e. The molecule has 0 unspecified atom stereocenters. The lowest BCUT2D eigenvalue weighted by atomic mass is 10.0. The van der Waals surface area contributed by atoms with Crippen molar-refractivity contribution in [1.82, 2.24) is 18.8 Å². The van der Waals surface area contributed by atoms with Gasteiger partial charge in [-0.1, -0.05) is 6.92 Å². The number of carbonyl (C=O) groups is 2. The number of aliphatic hydroxyl groups is 1. The molecule has 0 spiro atoms. The van der Waals surface area contributed by atoms with Crippen LogP contribution in [-0.2, 0) is 28.3 Å². The van der Waals surface area contributed by atoms with E-state index in [0.717, 1.165) is 0 Å². The normalized spacial score (nSPS) is 19.0. The van der Waals surface area contributed by atoms with Gasteiger partial charge in [0.2, 0.25) is 12.7 Å². The van der Waals surface area contributed by atoms with Gasteiger partial charge >= 0.3 is 6.03 Å². The van der Waals surface area contributed by atoms with Gasteiger partial charge in [0, 0.05) is 55.8 Å². The number of fused-ring (bicyclic) bond motifs is 2. The molecule has 0 saturated carbocycles. The molecule has 0 saturated heterocycles. The highest BCUT2D eigenvalue weighted by molar-refractivity contribution is 7.89. The molecule has 2 aliphatic rings. The maximum Gasteiger partial charge on any atom is 0.323 e. The standard InChI is InChI=1S/C29H36N6O8S/c1-18-12-35(19(2)15-36)28(37)10-20-9-21(31-29(38)32-22-6-8-24-25(11-22)42-17-41-24)5-7-23(20)43-26(18)13-34(4)44(39,40)27-14-33(3)16-30-27/h5-9,11,14,16,18-19,26,36H,10,12-13,15,17H2,1-4H3,(H2,31,32,38)/t18-,19-,26-/m0/s1. The van der Waals surface area contributed by atoms with E-state index < -0.39 is 28.2 Å². The van der Waals surface area contributed by atoms with Gasteiger partial charge in [0.05, 0.1) is 31.9 Å². The maximum absolute atomic E-state index is 13.5. The number of hydrogen-bond donors (Lipinski definition) is 3. The molecule has 2 aliphatic heterocycles. The van der Waals surface area contributed by atoms with Gasteiger partial charge in [-0.3, -0.25) is 4.79 Å². The molecule has 14 nitrogen and oxygen atoms in total. The van der Waals surface area contributed by atoms with Gasteiger partial charge in [0.25, 0.3) is 10.0 Å². The molecule has 3 amide bonds. The number of hydrogen-bond acceptors (Lipinski definition) is 9. The first-order valence-electron chi connectivity index (χ1n) is 14.1. The molecule has 3 aromatic rings. The second-order valence-electron chi connectivity index (χ2n) is 11.0. The number of nitrogens with zero attached hydrogens (tertiary/aromatic N) is 4. The summed E-state index contributed by atoms with van der Waals surface area (Å²) in [6.07, 6.45) is 2.12. The summed E-state index contributed by atoms with van der Waals surface area (Å²) in [5, 5.41) is 15.3. The van der Waals surface area contributed by atoms with E-state index in [1.54, 1.807) is 59.8 Å². The molecule has 0 radical (unpaired) electrons. The van der Waals surface area contributed by atoms with E-state index in [1.807, 2.05) is 6.92 Å². The van der Waals surface area contributed by atoms with Gasteiger partial charge < -0.3 is 39.4 Å². The highest BCUT2D eigenvalue weighted by Gasteiger charge is 2.34. The topological polar surface area (TPSA) is 165 Å². The van der Waals surface area contributed by atoms with Crippen molar-refractivity contribution in [2.45, 2.75) is 37.4 Å². The van der Waals surface area contributed by atoms with Crippen LogP contribution in [0.5, 0.6) is 17.2 Å². The Balaban J connectivity index is 1.38. The number of ether oxygens (including phenoxy) is 3. The smallest absolute Gasteiger partial charge is 0.323 e. The number of carbonyl (C=O) groups excluding carboxylic acids is 2. The lowest BCUT2D eigenvalue weighted by Gasteiger charge is -2.33. The minimum atomic E-state index is -3.91. The van der Waals surface area contributed by atoms with Crippen LogP contribution >= 0.6 is 0 Å². The van der Waals surface area contributed by atoms with Gasteiger partial charge in [-0.25, -0.2) is 18.2 Å². The molecule has 3 atom stereocenters. The molecule has 1 aromatic heterocycles. The van der Waals surface area contributed by atoms with E-state index >= 15 is 0 Å². The quantitative estimate of drug-likeness (QED) is 0.339. The number of urea groups is 1. The third-order valence-corrected chi connectivity index (χ3v) is 9.31. The Morgan fingerprint density at radius 2 is 1.82 bits per heavy atom. The van der Waals surface area contributed by atoms with Crippen LogP contribution in [0, 0.1) is 5.92 Å². The van der Waals surface area contributed by atoms with E-state index in [2.05, 4.69) is 15.6 Å². The summed E-state index contributed by atoms with van der Waals surface area (Å²) in [7, 11) is -0.770. The Morgan fingerprint density at radius 3 is 2.50 bits per heavy atom. The molecule has 5 rings (SSSR count). The van der Waals surface area contributed by atoms with Gasteiger partial charge in [0.15, 0.2) is 16.5 Å². The lowest BCUT2D eigenvalue weighted by Crippen LogP contribution is -2.48. The van der Waals surface area contributed by atoms with Crippen molar-refractivity contribution in [3.8, 4) is 17.2 Å². The Hall–Kier alpha value is -4.34. The first kappa shape index (κ1) is 31.1. The van der Waals surface area contributed by atoms with E-state index in [-0.39, 0.29) is 49.8 Å². The molecule has 2 aromatic carbocycles. The van der Waals surface area contributed by atoms with Crippen LogP contribution in [-0.4, -0.2) is 89.9 Å². The van der Waals surface area contributed by atoms with Crippen LogP contribution in [0.2, 0.25) is 0 Å². The summed E-state index contributed by atoms with van der Waals surface area (Å²) in [5.74, 6) is 0.959. The zero-order valence-corrected chi connectivity index (χ0v) is 25.7. The number of imidazole rings is 1. The number of likely N-dealkylation sites (N-methyl/N-ethyl adjacent to an activating group) is 1. The molecule has 3 N–H and O–H groups in total. The number of aliphatic hydroxyl groups excluding tert-OH is 1. The highest BCUT2D eigenvalue weighted by Crippen LogP contribution is 2.34. The fourth-order valence-electron chi connectivity index (χ4n) is 5.03. The van der Waals surface area contributed by atoms with Crippen molar-refractivity contribution in [3.63, 3.8) is 0 Å². The van der Waals surface area contributed by atoms with E-state index in [0.29, 0.717) is 34.2 Å². The molecule has 0 fully saturated rings. The van der Waals surface area contributed by atoms with Crippen LogP contribution in [0.4, 0.5) is 16.2 Å². The van der Waals surface area contributed by atoms with Crippen LogP contribution in [0.25, 0.3) is 0 Å². The van der Waals surface area contributed by atoms with Gasteiger partial charge in [-0.2, -0.15) is 4.31 Å². The van der Waals surface area contributed by atoms with Crippen molar-refractivity contribution in [1.29, 1.82) is 0 Å². The number of rotatable bonds is 8. The molecule has 0 bridgehead atoms. The van der Waals surface area contributed by atoms with Crippen molar-refractivity contribution >= 4 is 33.3 Å². The average molecular weight is 629 g/mol. The zero-order chi connectivity index (χ0) is 31.6. The molecule has 44 heavy (non-hydrogen) atoms. The summed E-state index contributed by atoms with van der Waals surface area (Å²) >= 11 is 0. The van der Waals surface area contributed by atoms with Gasteiger partial charge in [-0.15, -0.1) is 0 Å². The lowest BCUT2D eigenvalue weighted by molar-refractivity contribution is -0.134. The van der Waals surface area contributed by atoms with E-state index in [1.165, 1.54) is 23.9 Å². The predicted molar refractivity (Wildman–Crippen MR) is 160 cm³/mol. The summed E-state index contributed by atoms with van der Waals surface area (Å²) in [5.41, 5.74) is 1.42. The van der Waals surface area contributed by atoms with Crippen molar-refractivity contribution in [2.75, 3.05) is 44.2 Å². The summed E-state index contributed by atoms with van der Waals surface area (Å²) in [4.78, 5) is 31.9. The predicted octanol–water partition coefficient (Wildman–Crippen LogP) is 2.26. The third kappa shape index (κ3) is 6.74. The fraction of sp³-hybridized carbons (Fsp3) is 0.414. The summed E-state index contributed by atoms with van der Waals surface area (Å²) < 4.78 is 46.3. The number of aryl methyl sites for hydroxylation is 1. The average Bonchev–Trinajstić information content (AvgIpc) is 3.65. The Labute approximate surface area is 255 Å². The van der Waals surface area contributed by atoms with E-state index in [4.69, 9.17) is 14.2 Å². The number of anilines is 2. The summed E-state index contributed by atoms with van der Waals surface area (Å²) in [6, 6.07) is 9.00. The van der Waals surface area contributed by atoms with Crippen LogP contribution in [0.3, 0.4) is 0 Å². The number of nitrogens with one attached hydrogen (secondary N) is 2. The van der Waals surface area contributed by atoms with Gasteiger partial charge in [0.1, 0.15) is 11.9 Å². The molecular weight excluding hydrogens is 592 g/mol. The molecular formula is C29H36N6O8S. The Bertz CT molecular complexity index is 1640. The molecule has 0 aliphatic carbocycles. The molecule has 3 heterocycles. The second kappa shape index (κ2) is 12.7. The Morgan fingerprint density at radius 1 is 1.14 bits per heavy atom. The first-order valence-corrected chi connectivity index (χ1v) is 15.5. The van der Waals surface area contributed by atoms with Crippen LogP contribution in [0.15, 0.2) is 53.9 Å². The van der Waals surface area contributed by atoms with E-state index in [9.17, 15) is 23.1 Å².